The Morgan fingerprint density at radius 1 is 1.05 bits per heavy atom. The van der Waals surface area contributed by atoms with E-state index in [9.17, 15) is 0 Å². The number of anilines is 1. The number of nitrogens with one attached hydrogen (secondary N) is 3. The molecule has 0 aliphatic carbocycles. The van der Waals surface area contributed by atoms with Crippen LogP contribution in [0.25, 0.3) is 10.9 Å². The van der Waals surface area contributed by atoms with Crippen molar-refractivity contribution < 1.29 is 0 Å². The molecule has 0 aliphatic rings. The molecule has 1 heterocycles. The Balaban J connectivity index is 1.63. The summed E-state index contributed by atoms with van der Waals surface area (Å²) in [5.41, 5.74) is 5.84. The van der Waals surface area contributed by atoms with Crippen LogP contribution in [0.5, 0.6) is 0 Å². The molecule has 3 aromatic rings. The highest BCUT2D eigenvalue weighted by molar-refractivity contribution is 7.80. The van der Waals surface area contributed by atoms with E-state index in [1.807, 2.05) is 60.8 Å². The lowest BCUT2D eigenvalue weighted by Crippen LogP contribution is -2.23. The Morgan fingerprint density at radius 2 is 1.81 bits per heavy atom. The van der Waals surface area contributed by atoms with Crippen LogP contribution in [0, 0.1) is 0 Å². The number of nitrogens with zero attached hydrogens (tertiary/aromatic N) is 1. The van der Waals surface area contributed by atoms with Gasteiger partial charge < -0.3 is 10.3 Å². The van der Waals surface area contributed by atoms with Crippen LogP contribution in [0.1, 0.15) is 5.56 Å². The summed E-state index contributed by atoms with van der Waals surface area (Å²) in [5, 5.41) is 8.80. The highest BCUT2D eigenvalue weighted by atomic mass is 32.1. The second-order valence-electron chi connectivity index (χ2n) is 4.48. The molecule has 0 atom stereocenters. The van der Waals surface area contributed by atoms with Crippen molar-refractivity contribution in [3.05, 3.63) is 66.4 Å². The van der Waals surface area contributed by atoms with E-state index < -0.39 is 0 Å². The minimum Gasteiger partial charge on any atom is -0.361 e. The van der Waals surface area contributed by atoms with Gasteiger partial charge in [0.2, 0.25) is 0 Å². The number of fused-ring (bicyclic) bond motifs is 1. The molecule has 2 aromatic carbocycles. The van der Waals surface area contributed by atoms with E-state index in [0.717, 1.165) is 22.2 Å². The zero-order valence-electron chi connectivity index (χ0n) is 11.2. The summed E-state index contributed by atoms with van der Waals surface area (Å²) < 4.78 is 0. The van der Waals surface area contributed by atoms with Crippen molar-refractivity contribution in [1.29, 1.82) is 0 Å². The summed E-state index contributed by atoms with van der Waals surface area (Å²) in [7, 11) is 0. The monoisotopic (exact) mass is 294 g/mol. The van der Waals surface area contributed by atoms with E-state index in [1.165, 1.54) is 0 Å². The first-order valence-electron chi connectivity index (χ1n) is 6.54. The highest BCUT2D eigenvalue weighted by Crippen LogP contribution is 2.15. The lowest BCUT2D eigenvalue weighted by molar-refractivity contribution is 1.05. The van der Waals surface area contributed by atoms with E-state index >= 15 is 0 Å². The number of para-hydroxylation sites is 2. The second-order valence-corrected chi connectivity index (χ2v) is 4.89. The molecular formula is C16H14N4S. The molecule has 104 valence electrons. The van der Waals surface area contributed by atoms with Crippen molar-refractivity contribution in [1.82, 2.24) is 10.4 Å². The average molecular weight is 294 g/mol. The molecule has 0 spiro atoms. The summed E-state index contributed by atoms with van der Waals surface area (Å²) in [6.45, 7) is 0. The van der Waals surface area contributed by atoms with Gasteiger partial charge in [-0.25, -0.2) is 0 Å². The average Bonchev–Trinajstić information content (AvgIpc) is 2.92. The first-order chi connectivity index (χ1) is 10.3. The van der Waals surface area contributed by atoms with Crippen LogP contribution in [0.3, 0.4) is 0 Å². The van der Waals surface area contributed by atoms with Gasteiger partial charge in [0.25, 0.3) is 0 Å². The van der Waals surface area contributed by atoms with Crippen molar-refractivity contribution in [3.8, 4) is 0 Å². The zero-order valence-corrected chi connectivity index (χ0v) is 12.0. The van der Waals surface area contributed by atoms with Crippen LogP contribution < -0.4 is 10.7 Å². The maximum absolute atomic E-state index is 5.18. The molecule has 5 heteroatoms. The molecule has 4 nitrogen and oxygen atoms in total. The van der Waals surface area contributed by atoms with Gasteiger partial charge in [0, 0.05) is 28.4 Å². The molecule has 0 saturated heterocycles. The number of hydrogen-bond donors (Lipinski definition) is 3. The van der Waals surface area contributed by atoms with Gasteiger partial charge in [-0.1, -0.05) is 36.4 Å². The van der Waals surface area contributed by atoms with Gasteiger partial charge in [0.1, 0.15) is 0 Å². The number of aromatic nitrogens is 1. The molecular weight excluding hydrogens is 280 g/mol. The number of hydrazone groups is 1. The molecule has 0 unspecified atom stereocenters. The quantitative estimate of drug-likeness (QED) is 0.394. The predicted octanol–water partition coefficient (Wildman–Crippen LogP) is 3.49. The molecule has 0 amide bonds. The van der Waals surface area contributed by atoms with Crippen molar-refractivity contribution >= 4 is 40.1 Å². The smallest absolute Gasteiger partial charge is 0.191 e. The fourth-order valence-corrected chi connectivity index (χ4v) is 2.21. The van der Waals surface area contributed by atoms with Crippen LogP contribution in [0.2, 0.25) is 0 Å². The van der Waals surface area contributed by atoms with Crippen LogP contribution in [-0.4, -0.2) is 16.3 Å². The first-order valence-corrected chi connectivity index (χ1v) is 6.95. The molecule has 21 heavy (non-hydrogen) atoms. The number of H-pyrrole nitrogens is 1. The van der Waals surface area contributed by atoms with Gasteiger partial charge in [0.15, 0.2) is 5.11 Å². The number of rotatable bonds is 3. The third-order valence-electron chi connectivity index (χ3n) is 3.02. The Hall–Kier alpha value is -2.66. The molecule has 0 fully saturated rings. The molecule has 0 saturated carbocycles. The lowest BCUT2D eigenvalue weighted by atomic mass is 10.2. The van der Waals surface area contributed by atoms with Crippen LogP contribution in [-0.2, 0) is 0 Å². The first kappa shape index (κ1) is 13.3. The fourth-order valence-electron chi connectivity index (χ4n) is 2.04. The number of thiocarbonyl (C=S) groups is 1. The summed E-state index contributed by atoms with van der Waals surface area (Å²) in [6.07, 6.45) is 3.67. The van der Waals surface area contributed by atoms with Gasteiger partial charge in [-0.2, -0.15) is 5.10 Å². The van der Waals surface area contributed by atoms with Gasteiger partial charge in [-0.15, -0.1) is 0 Å². The summed E-state index contributed by atoms with van der Waals surface area (Å²) in [6, 6.07) is 17.8. The topological polar surface area (TPSA) is 52.2 Å². The molecule has 0 aliphatic heterocycles. The summed E-state index contributed by atoms with van der Waals surface area (Å²) in [4.78, 5) is 3.20. The Kier molecular flexibility index (Phi) is 3.93. The van der Waals surface area contributed by atoms with E-state index in [-0.39, 0.29) is 0 Å². The maximum atomic E-state index is 5.18. The largest absolute Gasteiger partial charge is 0.361 e. The van der Waals surface area contributed by atoms with Gasteiger partial charge in [0.05, 0.1) is 6.21 Å². The number of benzene rings is 2. The molecule has 3 rings (SSSR count). The number of aromatic amines is 1. The molecule has 0 radical (unpaired) electrons. The van der Waals surface area contributed by atoms with Crippen LogP contribution >= 0.6 is 12.2 Å². The van der Waals surface area contributed by atoms with E-state index in [4.69, 9.17) is 12.2 Å². The highest BCUT2D eigenvalue weighted by Gasteiger charge is 1.99. The van der Waals surface area contributed by atoms with Crippen molar-refractivity contribution in [2.45, 2.75) is 0 Å². The van der Waals surface area contributed by atoms with Crippen molar-refractivity contribution in [2.75, 3.05) is 5.32 Å². The normalized spacial score (nSPS) is 10.9. The maximum Gasteiger partial charge on any atom is 0.191 e. The van der Waals surface area contributed by atoms with E-state index in [2.05, 4.69) is 20.8 Å². The third kappa shape index (κ3) is 3.27. The van der Waals surface area contributed by atoms with Crippen LogP contribution in [0.4, 0.5) is 5.69 Å². The van der Waals surface area contributed by atoms with Crippen molar-refractivity contribution in [3.63, 3.8) is 0 Å². The van der Waals surface area contributed by atoms with Gasteiger partial charge in [-0.05, 0) is 30.4 Å². The minimum absolute atomic E-state index is 0.456. The molecule has 1 aromatic heterocycles. The second kappa shape index (κ2) is 6.19. The standard InChI is InChI=1S/C16H14N4S/c21-16(19-13-6-2-1-3-7-13)20-18-11-12-10-17-15-9-5-4-8-14(12)15/h1-11,17H,(H2,19,20,21)/b18-11-. The Bertz CT molecular complexity index is 777. The predicted molar refractivity (Wildman–Crippen MR) is 91.7 cm³/mol. The third-order valence-corrected chi connectivity index (χ3v) is 3.22. The SMILES string of the molecule is S=C(N/N=C\c1c[nH]c2ccccc12)Nc1ccccc1. The van der Waals surface area contributed by atoms with E-state index in [0.29, 0.717) is 5.11 Å². The lowest BCUT2D eigenvalue weighted by Gasteiger charge is -2.05. The molecule has 3 N–H and O–H groups in total. The minimum atomic E-state index is 0.456. The summed E-state index contributed by atoms with van der Waals surface area (Å²) in [5.74, 6) is 0. The fraction of sp³-hybridized carbons (Fsp3) is 0. The van der Waals surface area contributed by atoms with E-state index in [1.54, 1.807) is 6.21 Å². The van der Waals surface area contributed by atoms with Gasteiger partial charge in [-0.3, -0.25) is 5.43 Å². The number of hydrogen-bond acceptors (Lipinski definition) is 2. The Labute approximate surface area is 127 Å². The zero-order chi connectivity index (χ0) is 14.5. The van der Waals surface area contributed by atoms with Gasteiger partial charge >= 0.3 is 0 Å². The van der Waals surface area contributed by atoms with Crippen molar-refractivity contribution in [2.24, 2.45) is 5.10 Å². The Morgan fingerprint density at radius 3 is 2.67 bits per heavy atom. The molecule has 0 bridgehead atoms. The van der Waals surface area contributed by atoms with Crippen LogP contribution in [0.15, 0.2) is 65.9 Å². The summed E-state index contributed by atoms with van der Waals surface area (Å²) >= 11 is 5.18.